The molecule has 0 amide bonds. The molecule has 1 heterocycles. The summed E-state index contributed by atoms with van der Waals surface area (Å²) in [6.45, 7) is -0.164. The molecule has 0 saturated heterocycles. The molecule has 20 heavy (non-hydrogen) atoms. The van der Waals surface area contributed by atoms with Crippen molar-refractivity contribution < 1.29 is 22.7 Å². The number of halogens is 4. The topological polar surface area (TPSA) is 64.1 Å². The van der Waals surface area contributed by atoms with Gasteiger partial charge in [-0.25, -0.2) is 9.07 Å². The smallest absolute Gasteiger partial charge is 0.394 e. The summed E-state index contributed by atoms with van der Waals surface area (Å²) in [7, 11) is 0. The average molecular weight is 289 g/mol. The summed E-state index contributed by atoms with van der Waals surface area (Å²) < 4.78 is 52.7. The fourth-order valence-electron chi connectivity index (χ4n) is 1.73. The fraction of sp³-hybridized carbons (Fsp3) is 0.250. The molecule has 0 bridgehead atoms. The Kier molecular flexibility index (Phi) is 3.67. The molecule has 0 spiro atoms. The molecule has 1 aromatic heterocycles. The average Bonchev–Trinajstić information content (AvgIpc) is 2.70. The third kappa shape index (κ3) is 2.74. The first kappa shape index (κ1) is 14.3. The van der Waals surface area contributed by atoms with Crippen molar-refractivity contribution in [1.29, 1.82) is 0 Å². The summed E-state index contributed by atoms with van der Waals surface area (Å²) in [5.41, 5.74) is 4.31. The third-order valence-corrected chi connectivity index (χ3v) is 2.69. The highest BCUT2D eigenvalue weighted by atomic mass is 19.4. The first-order valence-corrected chi connectivity index (χ1v) is 5.64. The van der Waals surface area contributed by atoms with Gasteiger partial charge in [0.05, 0.1) is 24.4 Å². The van der Waals surface area contributed by atoms with E-state index < -0.39 is 17.6 Å². The maximum atomic E-state index is 13.7. The zero-order chi connectivity index (χ0) is 14.9. The molecule has 108 valence electrons. The first-order chi connectivity index (χ1) is 9.32. The van der Waals surface area contributed by atoms with E-state index in [4.69, 9.17) is 10.8 Å². The number of nitrogen functional groups attached to an aromatic ring is 1. The number of aliphatic hydroxyl groups excluding tert-OH is 1. The van der Waals surface area contributed by atoms with Gasteiger partial charge in [-0.2, -0.15) is 18.3 Å². The van der Waals surface area contributed by atoms with Crippen molar-refractivity contribution in [2.75, 3.05) is 12.3 Å². The van der Waals surface area contributed by atoms with Crippen LogP contribution in [0.5, 0.6) is 0 Å². The van der Waals surface area contributed by atoms with E-state index in [1.165, 1.54) is 10.7 Å². The van der Waals surface area contributed by atoms with Gasteiger partial charge in [-0.15, -0.1) is 0 Å². The van der Waals surface area contributed by atoms with E-state index in [-0.39, 0.29) is 30.2 Å². The van der Waals surface area contributed by atoms with Crippen LogP contribution < -0.4 is 5.73 Å². The maximum Gasteiger partial charge on any atom is 0.416 e. The van der Waals surface area contributed by atoms with Crippen molar-refractivity contribution in [3.05, 3.63) is 35.6 Å². The number of nitrogens with two attached hydrogens (primary N) is 1. The molecule has 0 atom stereocenters. The SMILES string of the molecule is Nc1cc(-c2cc(C(F)(F)F)ccc2F)nn1CCO. The number of alkyl halides is 3. The summed E-state index contributed by atoms with van der Waals surface area (Å²) in [6, 6.07) is 3.33. The van der Waals surface area contributed by atoms with Crippen LogP contribution in [-0.2, 0) is 12.7 Å². The van der Waals surface area contributed by atoms with E-state index in [1.54, 1.807) is 0 Å². The van der Waals surface area contributed by atoms with Crippen LogP contribution in [-0.4, -0.2) is 21.5 Å². The molecule has 2 rings (SSSR count). The Hall–Kier alpha value is -2.09. The molecule has 4 nitrogen and oxygen atoms in total. The number of hydrogen-bond acceptors (Lipinski definition) is 3. The van der Waals surface area contributed by atoms with Crippen LogP contribution in [0, 0.1) is 5.82 Å². The van der Waals surface area contributed by atoms with Gasteiger partial charge in [-0.1, -0.05) is 0 Å². The van der Waals surface area contributed by atoms with Crippen molar-refractivity contribution >= 4 is 5.82 Å². The van der Waals surface area contributed by atoms with Crippen LogP contribution in [0.3, 0.4) is 0 Å². The second-order valence-electron chi connectivity index (χ2n) is 4.09. The molecule has 2 aromatic rings. The zero-order valence-corrected chi connectivity index (χ0v) is 10.2. The molecule has 0 aliphatic carbocycles. The number of hydrogen-bond donors (Lipinski definition) is 2. The highest BCUT2D eigenvalue weighted by Gasteiger charge is 2.31. The molecule has 0 aliphatic rings. The van der Waals surface area contributed by atoms with Crippen LogP contribution >= 0.6 is 0 Å². The van der Waals surface area contributed by atoms with Crippen molar-refractivity contribution in [3.8, 4) is 11.3 Å². The molecule has 0 aliphatic heterocycles. The zero-order valence-electron chi connectivity index (χ0n) is 10.2. The van der Waals surface area contributed by atoms with Gasteiger partial charge in [0.25, 0.3) is 0 Å². The molecular weight excluding hydrogens is 278 g/mol. The Labute approximate surface area is 111 Å². The van der Waals surface area contributed by atoms with Gasteiger partial charge >= 0.3 is 6.18 Å². The van der Waals surface area contributed by atoms with E-state index in [0.717, 1.165) is 6.07 Å². The quantitative estimate of drug-likeness (QED) is 0.852. The number of anilines is 1. The minimum absolute atomic E-state index is 0.0143. The molecular formula is C12H11F4N3O. The monoisotopic (exact) mass is 289 g/mol. The van der Waals surface area contributed by atoms with Crippen molar-refractivity contribution in [2.24, 2.45) is 0 Å². The highest BCUT2D eigenvalue weighted by molar-refractivity contribution is 5.64. The molecule has 3 N–H and O–H groups in total. The maximum absolute atomic E-state index is 13.7. The van der Waals surface area contributed by atoms with Gasteiger partial charge in [0, 0.05) is 11.6 Å². The minimum atomic E-state index is -4.57. The van der Waals surface area contributed by atoms with E-state index in [2.05, 4.69) is 5.10 Å². The molecule has 1 aromatic carbocycles. The van der Waals surface area contributed by atoms with Crippen molar-refractivity contribution in [1.82, 2.24) is 9.78 Å². The van der Waals surface area contributed by atoms with Crippen LogP contribution in [0.15, 0.2) is 24.3 Å². The predicted octanol–water partition coefficient (Wildman–Crippen LogP) is 2.28. The van der Waals surface area contributed by atoms with Crippen LogP contribution in [0.25, 0.3) is 11.3 Å². The lowest BCUT2D eigenvalue weighted by Gasteiger charge is -2.08. The van der Waals surface area contributed by atoms with Crippen molar-refractivity contribution in [3.63, 3.8) is 0 Å². The fourth-order valence-corrected chi connectivity index (χ4v) is 1.73. The van der Waals surface area contributed by atoms with Gasteiger partial charge < -0.3 is 10.8 Å². The summed E-state index contributed by atoms with van der Waals surface area (Å²) >= 11 is 0. The normalized spacial score (nSPS) is 11.8. The van der Waals surface area contributed by atoms with Gasteiger partial charge in [-0.05, 0) is 18.2 Å². The van der Waals surface area contributed by atoms with Crippen LogP contribution in [0.2, 0.25) is 0 Å². The van der Waals surface area contributed by atoms with E-state index >= 15 is 0 Å². The Morgan fingerprint density at radius 2 is 1.95 bits per heavy atom. The lowest BCUT2D eigenvalue weighted by atomic mass is 10.1. The Morgan fingerprint density at radius 3 is 2.55 bits per heavy atom. The number of rotatable bonds is 3. The lowest BCUT2D eigenvalue weighted by Crippen LogP contribution is -2.07. The van der Waals surface area contributed by atoms with Gasteiger partial charge in [-0.3, -0.25) is 0 Å². The third-order valence-electron chi connectivity index (χ3n) is 2.69. The standard InChI is InChI=1S/C12H11F4N3O/c13-9-2-1-7(12(14,15)16)5-8(9)10-6-11(17)19(18-10)3-4-20/h1-2,5-6,20H,3-4,17H2. The van der Waals surface area contributed by atoms with Crippen LogP contribution in [0.4, 0.5) is 23.4 Å². The first-order valence-electron chi connectivity index (χ1n) is 5.64. The molecule has 8 heteroatoms. The minimum Gasteiger partial charge on any atom is -0.394 e. The number of aliphatic hydroxyl groups is 1. The number of aromatic nitrogens is 2. The summed E-state index contributed by atoms with van der Waals surface area (Å²) in [5, 5.41) is 12.7. The van der Waals surface area contributed by atoms with E-state index in [1.807, 2.05) is 0 Å². The number of benzene rings is 1. The molecule has 0 radical (unpaired) electrons. The van der Waals surface area contributed by atoms with Crippen molar-refractivity contribution in [2.45, 2.75) is 12.7 Å². The van der Waals surface area contributed by atoms with E-state index in [0.29, 0.717) is 12.1 Å². The van der Waals surface area contributed by atoms with Gasteiger partial charge in [0.1, 0.15) is 11.6 Å². The molecule has 0 saturated carbocycles. The lowest BCUT2D eigenvalue weighted by molar-refractivity contribution is -0.137. The highest BCUT2D eigenvalue weighted by Crippen LogP contribution is 2.33. The van der Waals surface area contributed by atoms with Gasteiger partial charge in [0.15, 0.2) is 0 Å². The second kappa shape index (κ2) is 5.12. The second-order valence-corrected chi connectivity index (χ2v) is 4.09. The molecule has 0 unspecified atom stereocenters. The Morgan fingerprint density at radius 1 is 1.25 bits per heavy atom. The summed E-state index contributed by atoms with van der Waals surface area (Å²) in [6.07, 6.45) is -4.57. The Bertz CT molecular complexity index is 622. The number of nitrogens with zero attached hydrogens (tertiary/aromatic N) is 2. The predicted molar refractivity (Wildman–Crippen MR) is 64.1 cm³/mol. The van der Waals surface area contributed by atoms with Gasteiger partial charge in [0.2, 0.25) is 0 Å². The Balaban J connectivity index is 2.49. The summed E-state index contributed by atoms with van der Waals surface area (Å²) in [4.78, 5) is 0. The largest absolute Gasteiger partial charge is 0.416 e. The van der Waals surface area contributed by atoms with E-state index in [9.17, 15) is 17.6 Å². The van der Waals surface area contributed by atoms with Crippen LogP contribution in [0.1, 0.15) is 5.56 Å². The summed E-state index contributed by atoms with van der Waals surface area (Å²) in [5.74, 6) is -0.697. The molecule has 0 fully saturated rings.